The topological polar surface area (TPSA) is 56.3 Å². The first-order valence-electron chi connectivity index (χ1n) is 3.79. The van der Waals surface area contributed by atoms with Gasteiger partial charge in [-0.1, -0.05) is 0 Å². The average molecular weight is 280 g/mol. The van der Waals surface area contributed by atoms with Crippen LogP contribution in [-0.2, 0) is 15.6 Å². The summed E-state index contributed by atoms with van der Waals surface area (Å²) >= 11 is 3.23. The fourth-order valence-electron chi connectivity index (χ4n) is 0.954. The van der Waals surface area contributed by atoms with Gasteiger partial charge in [-0.2, -0.15) is 0 Å². The molecule has 1 rings (SSSR count). The summed E-state index contributed by atoms with van der Waals surface area (Å²) in [6.07, 6.45) is 1.17. The predicted molar refractivity (Wildman–Crippen MR) is 57.0 cm³/mol. The smallest absolute Gasteiger partial charge is 0.227 e. The van der Waals surface area contributed by atoms with E-state index in [0.29, 0.717) is 16.0 Å². The molecule has 0 amide bonds. The molecule has 4 nitrogen and oxygen atoms in total. The Kier molecular flexibility index (Phi) is 3.49. The normalized spacial score (nSPS) is 11.4. The van der Waals surface area contributed by atoms with E-state index in [1.807, 2.05) is 0 Å². The molecule has 0 saturated carbocycles. The second-order valence-corrected chi connectivity index (χ2v) is 5.86. The fraction of sp³-hybridized carbons (Fsp3) is 0.375. The summed E-state index contributed by atoms with van der Waals surface area (Å²) in [7, 11) is -1.56. The SMILES string of the molecule is COc1nc(CS(C)(=O)=O)ccc1Br. The highest BCUT2D eigenvalue weighted by atomic mass is 79.9. The lowest BCUT2D eigenvalue weighted by Gasteiger charge is -2.04. The first kappa shape index (κ1) is 11.5. The van der Waals surface area contributed by atoms with Crippen LogP contribution in [0.15, 0.2) is 16.6 Å². The molecule has 0 radical (unpaired) electrons. The van der Waals surface area contributed by atoms with Crippen LogP contribution >= 0.6 is 15.9 Å². The number of aromatic nitrogens is 1. The van der Waals surface area contributed by atoms with Crippen LogP contribution in [0.5, 0.6) is 5.88 Å². The summed E-state index contributed by atoms with van der Waals surface area (Å²) in [5.74, 6) is 0.322. The maximum absolute atomic E-state index is 11.0. The van der Waals surface area contributed by atoms with Gasteiger partial charge in [0.2, 0.25) is 5.88 Å². The van der Waals surface area contributed by atoms with Gasteiger partial charge in [-0.05, 0) is 28.1 Å². The number of sulfone groups is 1. The Morgan fingerprint density at radius 3 is 2.64 bits per heavy atom. The highest BCUT2D eigenvalue weighted by Gasteiger charge is 2.08. The average Bonchev–Trinajstić information content (AvgIpc) is 2.06. The van der Waals surface area contributed by atoms with Gasteiger partial charge in [-0.25, -0.2) is 13.4 Å². The van der Waals surface area contributed by atoms with Crippen molar-refractivity contribution in [3.8, 4) is 5.88 Å². The molecule has 14 heavy (non-hydrogen) atoms. The summed E-state index contributed by atoms with van der Waals surface area (Å²) in [5.41, 5.74) is 0.479. The molecule has 0 bridgehead atoms. The second-order valence-electron chi connectivity index (χ2n) is 2.86. The molecule has 0 aliphatic heterocycles. The Bertz CT molecular complexity index is 430. The molecule has 0 aliphatic carbocycles. The van der Waals surface area contributed by atoms with Crippen molar-refractivity contribution >= 4 is 25.8 Å². The first-order valence-corrected chi connectivity index (χ1v) is 6.65. The molecule has 0 aromatic carbocycles. The third-order valence-electron chi connectivity index (χ3n) is 1.47. The van der Waals surface area contributed by atoms with E-state index in [-0.39, 0.29) is 5.75 Å². The van der Waals surface area contributed by atoms with Crippen LogP contribution < -0.4 is 4.74 Å². The number of rotatable bonds is 3. The van der Waals surface area contributed by atoms with E-state index in [1.54, 1.807) is 12.1 Å². The first-order chi connectivity index (χ1) is 6.42. The van der Waals surface area contributed by atoms with Gasteiger partial charge < -0.3 is 4.74 Å². The zero-order chi connectivity index (χ0) is 10.8. The van der Waals surface area contributed by atoms with Gasteiger partial charge in [0.05, 0.1) is 23.0 Å². The predicted octanol–water partition coefficient (Wildman–Crippen LogP) is 1.40. The van der Waals surface area contributed by atoms with Crippen molar-refractivity contribution in [2.45, 2.75) is 5.75 Å². The van der Waals surface area contributed by atoms with Crippen molar-refractivity contribution < 1.29 is 13.2 Å². The quantitative estimate of drug-likeness (QED) is 0.839. The molecule has 0 fully saturated rings. The van der Waals surface area contributed by atoms with Crippen molar-refractivity contribution in [2.24, 2.45) is 0 Å². The largest absolute Gasteiger partial charge is 0.480 e. The van der Waals surface area contributed by atoms with E-state index < -0.39 is 9.84 Å². The lowest BCUT2D eigenvalue weighted by atomic mass is 10.4. The number of nitrogens with zero attached hydrogens (tertiary/aromatic N) is 1. The highest BCUT2D eigenvalue weighted by molar-refractivity contribution is 9.10. The lowest BCUT2D eigenvalue weighted by Crippen LogP contribution is -2.03. The zero-order valence-electron chi connectivity index (χ0n) is 7.82. The number of halogens is 1. The standard InChI is InChI=1S/C8H10BrNO3S/c1-13-8-7(9)4-3-6(10-8)5-14(2,11)12/h3-4H,5H2,1-2H3. The van der Waals surface area contributed by atoms with Gasteiger partial charge in [0.25, 0.3) is 0 Å². The molecule has 0 aliphatic rings. The van der Waals surface area contributed by atoms with E-state index in [1.165, 1.54) is 13.4 Å². The molecular formula is C8H10BrNO3S. The van der Waals surface area contributed by atoms with E-state index in [9.17, 15) is 8.42 Å². The number of ether oxygens (including phenoxy) is 1. The Balaban J connectivity index is 3.01. The van der Waals surface area contributed by atoms with Crippen LogP contribution in [0.2, 0.25) is 0 Å². The third-order valence-corrected chi connectivity index (χ3v) is 2.90. The van der Waals surface area contributed by atoms with Gasteiger partial charge in [0.15, 0.2) is 9.84 Å². The van der Waals surface area contributed by atoms with Gasteiger partial charge in [-0.3, -0.25) is 0 Å². The minimum Gasteiger partial charge on any atom is -0.480 e. The van der Waals surface area contributed by atoms with Crippen molar-refractivity contribution in [2.75, 3.05) is 13.4 Å². The Morgan fingerprint density at radius 1 is 1.50 bits per heavy atom. The Morgan fingerprint density at radius 2 is 2.14 bits per heavy atom. The molecule has 0 unspecified atom stereocenters. The van der Waals surface area contributed by atoms with Crippen LogP contribution in [0, 0.1) is 0 Å². The lowest BCUT2D eigenvalue weighted by molar-refractivity contribution is 0.394. The molecule has 0 atom stereocenters. The van der Waals surface area contributed by atoms with Crippen molar-refractivity contribution in [1.29, 1.82) is 0 Å². The Hall–Kier alpha value is -0.620. The van der Waals surface area contributed by atoms with E-state index in [0.717, 1.165) is 0 Å². The molecular weight excluding hydrogens is 270 g/mol. The van der Waals surface area contributed by atoms with Crippen molar-refractivity contribution in [1.82, 2.24) is 4.98 Å². The van der Waals surface area contributed by atoms with Crippen LogP contribution in [0.25, 0.3) is 0 Å². The monoisotopic (exact) mass is 279 g/mol. The molecule has 78 valence electrons. The van der Waals surface area contributed by atoms with Gasteiger partial charge in [0.1, 0.15) is 0 Å². The van der Waals surface area contributed by atoms with Crippen LogP contribution in [0.4, 0.5) is 0 Å². The van der Waals surface area contributed by atoms with E-state index in [4.69, 9.17) is 4.74 Å². The maximum Gasteiger partial charge on any atom is 0.227 e. The molecule has 0 N–H and O–H groups in total. The van der Waals surface area contributed by atoms with Gasteiger partial charge in [0, 0.05) is 6.26 Å². The summed E-state index contributed by atoms with van der Waals surface area (Å²) in [4.78, 5) is 4.03. The summed E-state index contributed by atoms with van der Waals surface area (Å²) < 4.78 is 27.6. The highest BCUT2D eigenvalue weighted by Crippen LogP contribution is 2.22. The van der Waals surface area contributed by atoms with Crippen molar-refractivity contribution in [3.05, 3.63) is 22.3 Å². The van der Waals surface area contributed by atoms with Crippen LogP contribution in [0.1, 0.15) is 5.69 Å². The second kappa shape index (κ2) is 4.27. The van der Waals surface area contributed by atoms with Crippen molar-refractivity contribution in [3.63, 3.8) is 0 Å². The molecule has 0 spiro atoms. The number of hydrogen-bond donors (Lipinski definition) is 0. The number of hydrogen-bond acceptors (Lipinski definition) is 4. The van der Waals surface area contributed by atoms with Gasteiger partial charge >= 0.3 is 0 Å². The summed E-state index contributed by atoms with van der Waals surface area (Å²) in [6, 6.07) is 3.36. The van der Waals surface area contributed by atoms with E-state index >= 15 is 0 Å². The third kappa shape index (κ3) is 3.26. The van der Waals surface area contributed by atoms with Gasteiger partial charge in [-0.15, -0.1) is 0 Å². The number of pyridine rings is 1. The molecule has 1 heterocycles. The molecule has 1 aromatic rings. The Labute approximate surface area is 91.4 Å². The summed E-state index contributed by atoms with van der Waals surface area (Å²) in [5, 5.41) is 0. The molecule has 1 aromatic heterocycles. The summed E-state index contributed by atoms with van der Waals surface area (Å²) in [6.45, 7) is 0. The fourth-order valence-corrected chi connectivity index (χ4v) is 2.03. The van der Waals surface area contributed by atoms with E-state index in [2.05, 4.69) is 20.9 Å². The number of methoxy groups -OCH3 is 1. The zero-order valence-corrected chi connectivity index (χ0v) is 10.2. The minimum absolute atomic E-state index is 0.0728. The minimum atomic E-state index is -3.05. The van der Waals surface area contributed by atoms with Crippen LogP contribution in [-0.4, -0.2) is 26.8 Å². The molecule has 0 saturated heterocycles. The van der Waals surface area contributed by atoms with Crippen LogP contribution in [0.3, 0.4) is 0 Å². The maximum atomic E-state index is 11.0. The molecule has 6 heteroatoms.